The predicted molar refractivity (Wildman–Crippen MR) is 68.3 cm³/mol. The van der Waals surface area contributed by atoms with E-state index in [-0.39, 0.29) is 5.41 Å². The Balaban J connectivity index is 2.38. The summed E-state index contributed by atoms with van der Waals surface area (Å²) >= 11 is 0. The lowest BCUT2D eigenvalue weighted by Gasteiger charge is -2.17. The fourth-order valence-corrected chi connectivity index (χ4v) is 1.42. The van der Waals surface area contributed by atoms with E-state index in [9.17, 15) is 0 Å². The zero-order valence-electron chi connectivity index (χ0n) is 11.0. The molecule has 2 aromatic heterocycles. The van der Waals surface area contributed by atoms with Crippen molar-refractivity contribution in [2.24, 2.45) is 0 Å². The van der Waals surface area contributed by atoms with Crippen LogP contribution in [0.5, 0.6) is 5.75 Å². The van der Waals surface area contributed by atoms with Crippen molar-refractivity contribution >= 4 is 0 Å². The second-order valence-electron chi connectivity index (χ2n) is 4.96. The van der Waals surface area contributed by atoms with Gasteiger partial charge in [0, 0.05) is 17.3 Å². The molecule has 5 heteroatoms. The molecule has 0 unspecified atom stereocenters. The van der Waals surface area contributed by atoms with E-state index in [1.807, 2.05) is 6.07 Å². The second kappa shape index (κ2) is 4.68. The second-order valence-corrected chi connectivity index (χ2v) is 4.96. The van der Waals surface area contributed by atoms with Gasteiger partial charge in [0.05, 0.1) is 19.5 Å². The molecule has 0 amide bonds. The summed E-state index contributed by atoms with van der Waals surface area (Å²) in [6.07, 6.45) is 4.95. The van der Waals surface area contributed by atoms with Crippen LogP contribution < -0.4 is 4.74 Å². The maximum atomic E-state index is 5.02. The van der Waals surface area contributed by atoms with E-state index in [1.54, 1.807) is 25.7 Å². The van der Waals surface area contributed by atoms with Gasteiger partial charge in [-0.2, -0.15) is 0 Å². The molecular weight excluding hydrogens is 228 g/mol. The van der Waals surface area contributed by atoms with Gasteiger partial charge < -0.3 is 4.74 Å². The van der Waals surface area contributed by atoms with Crippen molar-refractivity contribution < 1.29 is 4.74 Å². The summed E-state index contributed by atoms with van der Waals surface area (Å²) in [5.41, 5.74) is 0.941. The van der Waals surface area contributed by atoms with Crippen molar-refractivity contribution in [3.05, 3.63) is 30.4 Å². The molecule has 94 valence electrons. The maximum absolute atomic E-state index is 5.02. The van der Waals surface area contributed by atoms with Gasteiger partial charge in [-0.05, 0) is 6.07 Å². The standard InChI is InChI=1S/C13H16N4O/c1-13(2,3)10-5-6-14-12(17-10)11-15-7-9(18-4)8-16-11/h5-8H,1-4H3. The summed E-state index contributed by atoms with van der Waals surface area (Å²) in [4.78, 5) is 17.1. The molecule has 2 heterocycles. The van der Waals surface area contributed by atoms with E-state index in [0.29, 0.717) is 17.4 Å². The quantitative estimate of drug-likeness (QED) is 0.810. The Bertz CT molecular complexity index is 531. The van der Waals surface area contributed by atoms with E-state index < -0.39 is 0 Å². The number of ether oxygens (including phenoxy) is 1. The molecule has 0 atom stereocenters. The van der Waals surface area contributed by atoms with Gasteiger partial charge in [0.25, 0.3) is 0 Å². The lowest BCUT2D eigenvalue weighted by atomic mass is 9.92. The summed E-state index contributed by atoms with van der Waals surface area (Å²) in [6.45, 7) is 6.32. The molecule has 0 fully saturated rings. The first kappa shape index (κ1) is 12.4. The predicted octanol–water partition coefficient (Wildman–Crippen LogP) is 2.24. The zero-order valence-corrected chi connectivity index (χ0v) is 11.0. The smallest absolute Gasteiger partial charge is 0.197 e. The fraction of sp³-hybridized carbons (Fsp3) is 0.385. The SMILES string of the molecule is COc1cnc(-c2nccc(C(C)(C)C)n2)nc1. The Kier molecular flexibility index (Phi) is 3.23. The van der Waals surface area contributed by atoms with Crippen LogP contribution in [-0.4, -0.2) is 27.0 Å². The van der Waals surface area contributed by atoms with Crippen molar-refractivity contribution in [2.75, 3.05) is 7.11 Å². The molecular formula is C13H16N4O. The van der Waals surface area contributed by atoms with Crippen molar-refractivity contribution in [1.29, 1.82) is 0 Å². The molecule has 0 saturated heterocycles. The van der Waals surface area contributed by atoms with E-state index in [1.165, 1.54) is 0 Å². The fourth-order valence-electron chi connectivity index (χ4n) is 1.42. The van der Waals surface area contributed by atoms with Crippen molar-refractivity contribution in [2.45, 2.75) is 26.2 Å². The van der Waals surface area contributed by atoms with Gasteiger partial charge in [0.15, 0.2) is 17.4 Å². The number of hydrogen-bond acceptors (Lipinski definition) is 5. The van der Waals surface area contributed by atoms with Gasteiger partial charge in [-0.25, -0.2) is 19.9 Å². The monoisotopic (exact) mass is 244 g/mol. The Morgan fingerprint density at radius 2 is 1.67 bits per heavy atom. The molecule has 0 saturated carbocycles. The summed E-state index contributed by atoms with van der Waals surface area (Å²) in [7, 11) is 1.58. The Hall–Kier alpha value is -2.04. The van der Waals surface area contributed by atoms with Crippen molar-refractivity contribution in [3.8, 4) is 17.4 Å². The molecule has 0 aliphatic carbocycles. The first-order valence-electron chi connectivity index (χ1n) is 5.70. The third-order valence-electron chi connectivity index (χ3n) is 2.49. The average molecular weight is 244 g/mol. The number of aromatic nitrogens is 4. The van der Waals surface area contributed by atoms with Gasteiger partial charge in [0.1, 0.15) is 0 Å². The van der Waals surface area contributed by atoms with E-state index in [2.05, 4.69) is 40.7 Å². The largest absolute Gasteiger partial charge is 0.494 e. The minimum absolute atomic E-state index is 0.0237. The first-order valence-corrected chi connectivity index (χ1v) is 5.70. The molecule has 0 spiro atoms. The molecule has 0 aliphatic rings. The van der Waals surface area contributed by atoms with Gasteiger partial charge in [0.2, 0.25) is 0 Å². The highest BCUT2D eigenvalue weighted by Crippen LogP contribution is 2.21. The van der Waals surface area contributed by atoms with Crippen LogP contribution in [0, 0.1) is 0 Å². The highest BCUT2D eigenvalue weighted by atomic mass is 16.5. The molecule has 0 bridgehead atoms. The van der Waals surface area contributed by atoms with Gasteiger partial charge in [-0.15, -0.1) is 0 Å². The Morgan fingerprint density at radius 1 is 1.00 bits per heavy atom. The number of hydrogen-bond donors (Lipinski definition) is 0. The molecule has 5 nitrogen and oxygen atoms in total. The molecule has 0 N–H and O–H groups in total. The van der Waals surface area contributed by atoms with Gasteiger partial charge in [-0.1, -0.05) is 20.8 Å². The third kappa shape index (κ3) is 2.61. The molecule has 0 radical (unpaired) electrons. The van der Waals surface area contributed by atoms with Gasteiger partial charge >= 0.3 is 0 Å². The third-order valence-corrected chi connectivity index (χ3v) is 2.49. The Labute approximate surface area is 106 Å². The van der Waals surface area contributed by atoms with Crippen LogP contribution in [0.1, 0.15) is 26.5 Å². The molecule has 2 rings (SSSR count). The average Bonchev–Trinajstić information content (AvgIpc) is 2.38. The molecule has 0 aromatic carbocycles. The number of rotatable bonds is 2. The summed E-state index contributed by atoms with van der Waals surface area (Å²) < 4.78 is 5.02. The minimum atomic E-state index is -0.0237. The Morgan fingerprint density at radius 3 is 2.22 bits per heavy atom. The molecule has 2 aromatic rings. The van der Waals surface area contributed by atoms with Crippen LogP contribution >= 0.6 is 0 Å². The van der Waals surface area contributed by atoms with E-state index in [0.717, 1.165) is 5.69 Å². The number of nitrogens with zero attached hydrogens (tertiary/aromatic N) is 4. The van der Waals surface area contributed by atoms with Crippen molar-refractivity contribution in [1.82, 2.24) is 19.9 Å². The highest BCUT2D eigenvalue weighted by molar-refractivity contribution is 5.43. The first-order chi connectivity index (χ1) is 8.50. The lowest BCUT2D eigenvalue weighted by Crippen LogP contribution is -2.14. The van der Waals surface area contributed by atoms with Crippen molar-refractivity contribution in [3.63, 3.8) is 0 Å². The van der Waals surface area contributed by atoms with Crippen LogP contribution in [0.15, 0.2) is 24.7 Å². The molecule has 18 heavy (non-hydrogen) atoms. The van der Waals surface area contributed by atoms with Crippen LogP contribution in [-0.2, 0) is 5.41 Å². The highest BCUT2D eigenvalue weighted by Gasteiger charge is 2.17. The van der Waals surface area contributed by atoms with Gasteiger partial charge in [-0.3, -0.25) is 0 Å². The normalized spacial score (nSPS) is 11.3. The van der Waals surface area contributed by atoms with E-state index in [4.69, 9.17) is 4.74 Å². The lowest BCUT2D eigenvalue weighted by molar-refractivity contribution is 0.411. The summed E-state index contributed by atoms with van der Waals surface area (Å²) in [5, 5.41) is 0. The molecule has 0 aliphatic heterocycles. The van der Waals surface area contributed by atoms with Crippen LogP contribution in [0.3, 0.4) is 0 Å². The summed E-state index contributed by atoms with van der Waals surface area (Å²) in [5.74, 6) is 1.65. The minimum Gasteiger partial charge on any atom is -0.494 e. The maximum Gasteiger partial charge on any atom is 0.197 e. The van der Waals surface area contributed by atoms with Crippen LogP contribution in [0.25, 0.3) is 11.6 Å². The van der Waals surface area contributed by atoms with Crippen LogP contribution in [0.2, 0.25) is 0 Å². The summed E-state index contributed by atoms with van der Waals surface area (Å²) in [6, 6.07) is 1.91. The van der Waals surface area contributed by atoms with Crippen LogP contribution in [0.4, 0.5) is 0 Å². The topological polar surface area (TPSA) is 60.8 Å². The zero-order chi connectivity index (χ0) is 13.2. The number of methoxy groups -OCH3 is 1. The van der Waals surface area contributed by atoms with E-state index >= 15 is 0 Å².